The normalized spacial score (nSPS) is 18.3. The molecule has 1 aliphatic heterocycles. The van der Waals surface area contributed by atoms with Crippen molar-refractivity contribution in [2.45, 2.75) is 31.7 Å². The molecule has 1 aromatic carbocycles. The van der Waals surface area contributed by atoms with Gasteiger partial charge in [0.05, 0.1) is 17.7 Å². The fraction of sp³-hybridized carbons (Fsp3) is 0.467. The van der Waals surface area contributed by atoms with Crippen LogP contribution in [0, 0.1) is 22.7 Å². The first kappa shape index (κ1) is 12.6. The summed E-state index contributed by atoms with van der Waals surface area (Å²) >= 11 is 0. The standard InChI is InChI=1S/C15H17N3/c16-11-13-6-5-7-14(10-13)15(12-17)18-8-3-1-2-4-9-18/h5-7,10,15H,1-4,8-9H2. The summed E-state index contributed by atoms with van der Waals surface area (Å²) in [5.74, 6) is 0. The molecule has 92 valence electrons. The number of benzene rings is 1. The molecule has 2 rings (SSSR count). The van der Waals surface area contributed by atoms with E-state index in [1.54, 1.807) is 6.07 Å². The third-order valence-electron chi connectivity index (χ3n) is 3.46. The summed E-state index contributed by atoms with van der Waals surface area (Å²) < 4.78 is 0. The predicted molar refractivity (Wildman–Crippen MR) is 69.6 cm³/mol. The lowest BCUT2D eigenvalue weighted by Gasteiger charge is -2.25. The third-order valence-corrected chi connectivity index (χ3v) is 3.46. The van der Waals surface area contributed by atoms with Gasteiger partial charge in [-0.25, -0.2) is 0 Å². The zero-order valence-corrected chi connectivity index (χ0v) is 10.5. The van der Waals surface area contributed by atoms with Gasteiger partial charge >= 0.3 is 0 Å². The maximum atomic E-state index is 9.41. The summed E-state index contributed by atoms with van der Waals surface area (Å²) in [5.41, 5.74) is 1.57. The smallest absolute Gasteiger partial charge is 0.123 e. The van der Waals surface area contributed by atoms with Gasteiger partial charge in [0.25, 0.3) is 0 Å². The van der Waals surface area contributed by atoms with E-state index in [0.29, 0.717) is 5.56 Å². The van der Waals surface area contributed by atoms with Gasteiger partial charge in [0.2, 0.25) is 0 Å². The van der Waals surface area contributed by atoms with Crippen LogP contribution in [0.4, 0.5) is 0 Å². The first-order valence-corrected chi connectivity index (χ1v) is 6.49. The second kappa shape index (κ2) is 6.19. The molecular formula is C15H17N3. The Morgan fingerprint density at radius 3 is 2.39 bits per heavy atom. The number of likely N-dealkylation sites (tertiary alicyclic amines) is 1. The zero-order valence-electron chi connectivity index (χ0n) is 10.5. The highest BCUT2D eigenvalue weighted by atomic mass is 15.1. The van der Waals surface area contributed by atoms with Crippen molar-refractivity contribution < 1.29 is 0 Å². The Hall–Kier alpha value is -1.84. The Kier molecular flexibility index (Phi) is 4.34. The maximum Gasteiger partial charge on any atom is 0.123 e. The van der Waals surface area contributed by atoms with Gasteiger partial charge in [0, 0.05) is 0 Å². The van der Waals surface area contributed by atoms with Gasteiger partial charge in [-0.2, -0.15) is 10.5 Å². The number of rotatable bonds is 2. The summed E-state index contributed by atoms with van der Waals surface area (Å²) in [6, 6.07) is 11.7. The minimum absolute atomic E-state index is 0.212. The lowest BCUT2D eigenvalue weighted by atomic mass is 10.0. The van der Waals surface area contributed by atoms with Crippen LogP contribution >= 0.6 is 0 Å². The Bertz CT molecular complexity index is 473. The average Bonchev–Trinajstić information content (AvgIpc) is 2.69. The van der Waals surface area contributed by atoms with Gasteiger partial charge in [-0.15, -0.1) is 0 Å². The Morgan fingerprint density at radius 1 is 1.06 bits per heavy atom. The quantitative estimate of drug-likeness (QED) is 0.797. The fourth-order valence-electron chi connectivity index (χ4n) is 2.50. The van der Waals surface area contributed by atoms with Crippen LogP contribution in [0.25, 0.3) is 0 Å². The summed E-state index contributed by atoms with van der Waals surface area (Å²) in [6.07, 6.45) is 4.84. The van der Waals surface area contributed by atoms with Crippen molar-refractivity contribution in [3.05, 3.63) is 35.4 Å². The molecule has 1 saturated heterocycles. The highest BCUT2D eigenvalue weighted by Crippen LogP contribution is 2.24. The molecule has 1 heterocycles. The predicted octanol–water partition coefficient (Wildman–Crippen LogP) is 3.00. The van der Waals surface area contributed by atoms with Crippen molar-refractivity contribution in [3.63, 3.8) is 0 Å². The largest absolute Gasteiger partial charge is 0.284 e. The minimum atomic E-state index is -0.212. The van der Waals surface area contributed by atoms with E-state index in [1.807, 2.05) is 18.2 Å². The lowest BCUT2D eigenvalue weighted by molar-refractivity contribution is 0.246. The van der Waals surface area contributed by atoms with Gasteiger partial charge in [0.1, 0.15) is 6.04 Å². The van der Waals surface area contributed by atoms with Crippen LogP contribution in [0.3, 0.4) is 0 Å². The highest BCUT2D eigenvalue weighted by molar-refractivity contribution is 5.36. The van der Waals surface area contributed by atoms with Gasteiger partial charge in [0.15, 0.2) is 0 Å². The Balaban J connectivity index is 2.21. The molecule has 0 saturated carbocycles. The molecule has 0 bridgehead atoms. The molecule has 18 heavy (non-hydrogen) atoms. The van der Waals surface area contributed by atoms with Crippen molar-refractivity contribution in [2.75, 3.05) is 13.1 Å². The third kappa shape index (κ3) is 2.88. The monoisotopic (exact) mass is 239 g/mol. The van der Waals surface area contributed by atoms with Crippen molar-refractivity contribution in [3.8, 4) is 12.1 Å². The number of nitrogens with zero attached hydrogens (tertiary/aromatic N) is 3. The van der Waals surface area contributed by atoms with E-state index < -0.39 is 0 Å². The molecule has 3 heteroatoms. The molecular weight excluding hydrogens is 222 g/mol. The van der Waals surface area contributed by atoms with E-state index in [4.69, 9.17) is 5.26 Å². The molecule has 1 fully saturated rings. The number of hydrogen-bond acceptors (Lipinski definition) is 3. The van der Waals surface area contributed by atoms with E-state index in [9.17, 15) is 5.26 Å². The fourth-order valence-corrected chi connectivity index (χ4v) is 2.50. The van der Waals surface area contributed by atoms with Crippen LogP contribution in [-0.2, 0) is 0 Å². The summed E-state index contributed by atoms with van der Waals surface area (Å²) in [4.78, 5) is 2.24. The van der Waals surface area contributed by atoms with Gasteiger partial charge < -0.3 is 0 Å². The highest BCUT2D eigenvalue weighted by Gasteiger charge is 2.21. The van der Waals surface area contributed by atoms with E-state index >= 15 is 0 Å². The molecule has 0 radical (unpaired) electrons. The number of hydrogen-bond donors (Lipinski definition) is 0. The topological polar surface area (TPSA) is 50.8 Å². The molecule has 1 aliphatic rings. The second-order valence-corrected chi connectivity index (χ2v) is 4.72. The van der Waals surface area contributed by atoms with E-state index in [2.05, 4.69) is 17.0 Å². The summed E-state index contributed by atoms with van der Waals surface area (Å²) in [7, 11) is 0. The van der Waals surface area contributed by atoms with Gasteiger partial charge in [-0.05, 0) is 43.6 Å². The van der Waals surface area contributed by atoms with Gasteiger partial charge in [-0.1, -0.05) is 25.0 Å². The Morgan fingerprint density at radius 2 is 1.78 bits per heavy atom. The zero-order chi connectivity index (χ0) is 12.8. The molecule has 1 unspecified atom stereocenters. The van der Waals surface area contributed by atoms with Crippen molar-refractivity contribution >= 4 is 0 Å². The molecule has 0 amide bonds. The maximum absolute atomic E-state index is 9.41. The molecule has 1 aromatic rings. The minimum Gasteiger partial charge on any atom is -0.284 e. The van der Waals surface area contributed by atoms with Crippen LogP contribution in [-0.4, -0.2) is 18.0 Å². The lowest BCUT2D eigenvalue weighted by Crippen LogP contribution is -2.28. The summed E-state index contributed by atoms with van der Waals surface area (Å²) in [5, 5.41) is 18.3. The summed E-state index contributed by atoms with van der Waals surface area (Å²) in [6.45, 7) is 1.96. The van der Waals surface area contributed by atoms with E-state index in [-0.39, 0.29) is 6.04 Å². The molecule has 0 aromatic heterocycles. The molecule has 0 N–H and O–H groups in total. The molecule has 1 atom stereocenters. The SMILES string of the molecule is N#Cc1cccc(C(C#N)N2CCCCCC2)c1. The molecule has 3 nitrogen and oxygen atoms in total. The van der Waals surface area contributed by atoms with Crippen molar-refractivity contribution in [2.24, 2.45) is 0 Å². The van der Waals surface area contributed by atoms with Crippen LogP contribution < -0.4 is 0 Å². The molecule has 0 aliphatic carbocycles. The Labute approximate surface area is 108 Å². The van der Waals surface area contributed by atoms with Crippen molar-refractivity contribution in [1.82, 2.24) is 4.90 Å². The first-order valence-electron chi connectivity index (χ1n) is 6.49. The van der Waals surface area contributed by atoms with Crippen LogP contribution in [0.15, 0.2) is 24.3 Å². The van der Waals surface area contributed by atoms with Crippen molar-refractivity contribution in [1.29, 1.82) is 10.5 Å². The van der Waals surface area contributed by atoms with Crippen LogP contribution in [0.5, 0.6) is 0 Å². The van der Waals surface area contributed by atoms with Gasteiger partial charge in [-0.3, -0.25) is 4.90 Å². The number of nitriles is 2. The molecule has 0 spiro atoms. The average molecular weight is 239 g/mol. The van der Waals surface area contributed by atoms with Crippen LogP contribution in [0.1, 0.15) is 42.9 Å². The second-order valence-electron chi connectivity index (χ2n) is 4.72. The van der Waals surface area contributed by atoms with E-state index in [0.717, 1.165) is 31.5 Å². The first-order chi connectivity index (χ1) is 8.85. The van der Waals surface area contributed by atoms with E-state index in [1.165, 1.54) is 12.8 Å². The van der Waals surface area contributed by atoms with Crippen LogP contribution in [0.2, 0.25) is 0 Å².